The molecule has 0 saturated carbocycles. The zero-order valence-electron chi connectivity index (χ0n) is 10.6. The molecule has 0 fully saturated rings. The molecule has 0 spiro atoms. The van der Waals surface area contributed by atoms with E-state index in [9.17, 15) is 17.2 Å². The Morgan fingerprint density at radius 2 is 1.81 bits per heavy atom. The average molecular weight is 397 g/mol. The third kappa shape index (κ3) is 3.53. The highest BCUT2D eigenvalue weighted by Crippen LogP contribution is 2.33. The van der Waals surface area contributed by atoms with E-state index in [1.165, 1.54) is 6.92 Å². The van der Waals surface area contributed by atoms with Crippen LogP contribution in [0.1, 0.15) is 5.56 Å². The highest BCUT2D eigenvalue weighted by Gasteiger charge is 2.20. The van der Waals surface area contributed by atoms with Crippen molar-refractivity contribution in [2.24, 2.45) is 0 Å². The molecular formula is C13H9BrClF2NO2S. The van der Waals surface area contributed by atoms with Gasteiger partial charge in [-0.05, 0) is 58.7 Å². The van der Waals surface area contributed by atoms with Gasteiger partial charge in [-0.1, -0.05) is 11.6 Å². The van der Waals surface area contributed by atoms with Crippen LogP contribution in [0.25, 0.3) is 0 Å². The average Bonchev–Trinajstić information content (AvgIpc) is 2.33. The van der Waals surface area contributed by atoms with Gasteiger partial charge in [0.1, 0.15) is 11.6 Å². The fourth-order valence-corrected chi connectivity index (χ4v) is 4.16. The summed E-state index contributed by atoms with van der Waals surface area (Å²) in [7, 11) is -3.97. The number of hydrogen-bond acceptors (Lipinski definition) is 2. The summed E-state index contributed by atoms with van der Waals surface area (Å²) >= 11 is 8.88. The van der Waals surface area contributed by atoms with Crippen LogP contribution >= 0.6 is 27.5 Å². The number of nitrogens with one attached hydrogen (secondary N) is 1. The molecule has 0 heterocycles. The zero-order chi connectivity index (χ0) is 15.8. The van der Waals surface area contributed by atoms with E-state index in [0.717, 1.165) is 30.3 Å². The highest BCUT2D eigenvalue weighted by atomic mass is 79.9. The lowest BCUT2D eigenvalue weighted by Crippen LogP contribution is -2.15. The van der Waals surface area contributed by atoms with Gasteiger partial charge in [0, 0.05) is 4.47 Å². The van der Waals surface area contributed by atoms with Crippen molar-refractivity contribution in [3.05, 3.63) is 57.0 Å². The summed E-state index contributed by atoms with van der Waals surface area (Å²) < 4.78 is 53.2. The van der Waals surface area contributed by atoms with Crippen LogP contribution in [0.4, 0.5) is 14.5 Å². The molecule has 2 rings (SSSR count). The quantitative estimate of drug-likeness (QED) is 0.831. The van der Waals surface area contributed by atoms with Crippen LogP contribution in [0.5, 0.6) is 0 Å². The van der Waals surface area contributed by atoms with Gasteiger partial charge in [-0.2, -0.15) is 0 Å². The topological polar surface area (TPSA) is 46.2 Å². The van der Waals surface area contributed by atoms with Crippen LogP contribution in [0.3, 0.4) is 0 Å². The molecule has 0 aliphatic heterocycles. The van der Waals surface area contributed by atoms with Crippen LogP contribution < -0.4 is 4.72 Å². The van der Waals surface area contributed by atoms with E-state index in [-0.39, 0.29) is 25.6 Å². The Morgan fingerprint density at radius 3 is 2.38 bits per heavy atom. The summed E-state index contributed by atoms with van der Waals surface area (Å²) in [5.41, 5.74) is 0.263. The van der Waals surface area contributed by atoms with Gasteiger partial charge < -0.3 is 0 Å². The Bertz CT molecular complexity index is 789. The molecule has 0 saturated heterocycles. The molecule has 0 aliphatic carbocycles. The predicted octanol–water partition coefficient (Wildman–Crippen LogP) is 4.49. The second kappa shape index (κ2) is 5.90. The van der Waals surface area contributed by atoms with Crippen LogP contribution in [-0.2, 0) is 10.0 Å². The van der Waals surface area contributed by atoms with Crippen molar-refractivity contribution in [1.82, 2.24) is 0 Å². The van der Waals surface area contributed by atoms with E-state index >= 15 is 0 Å². The largest absolute Gasteiger partial charge is 0.277 e. The molecule has 0 amide bonds. The Balaban J connectivity index is 2.47. The van der Waals surface area contributed by atoms with Gasteiger partial charge in [0.05, 0.1) is 15.6 Å². The van der Waals surface area contributed by atoms with Crippen molar-refractivity contribution in [1.29, 1.82) is 0 Å². The molecule has 2 aromatic rings. The lowest BCUT2D eigenvalue weighted by Gasteiger charge is -2.13. The van der Waals surface area contributed by atoms with E-state index in [0.29, 0.717) is 0 Å². The maximum atomic E-state index is 13.1. The number of benzene rings is 2. The Hall–Kier alpha value is -1.18. The van der Waals surface area contributed by atoms with Gasteiger partial charge in [-0.15, -0.1) is 0 Å². The summed E-state index contributed by atoms with van der Waals surface area (Å²) in [6.07, 6.45) is 0. The smallest absolute Gasteiger partial charge is 0.262 e. The molecule has 0 aromatic heterocycles. The standard InChI is InChI=1S/C13H9BrClF2NO2S/c1-7-4-8(16)2-3-12(7)21(19,20)18-13-10(14)5-9(17)6-11(13)15/h2-6,18H,1H3. The van der Waals surface area contributed by atoms with E-state index < -0.39 is 21.7 Å². The molecule has 0 bridgehead atoms. The van der Waals surface area contributed by atoms with Crippen LogP contribution in [0.15, 0.2) is 39.7 Å². The first-order valence-corrected chi connectivity index (χ1v) is 8.29. The van der Waals surface area contributed by atoms with Gasteiger partial charge in [0.25, 0.3) is 10.0 Å². The second-order valence-electron chi connectivity index (χ2n) is 4.26. The van der Waals surface area contributed by atoms with Crippen molar-refractivity contribution in [2.75, 3.05) is 4.72 Å². The molecule has 0 atom stereocenters. The van der Waals surface area contributed by atoms with Crippen molar-refractivity contribution in [3.63, 3.8) is 0 Å². The Kier molecular flexibility index (Phi) is 4.55. The summed E-state index contributed by atoms with van der Waals surface area (Å²) in [6, 6.07) is 5.38. The number of rotatable bonds is 3. The van der Waals surface area contributed by atoms with Gasteiger partial charge in [0.15, 0.2) is 0 Å². The fraction of sp³-hybridized carbons (Fsp3) is 0.0769. The van der Waals surface area contributed by atoms with Crippen LogP contribution in [0.2, 0.25) is 5.02 Å². The zero-order valence-corrected chi connectivity index (χ0v) is 13.8. The predicted molar refractivity (Wildman–Crippen MR) is 81.1 cm³/mol. The Morgan fingerprint density at radius 1 is 1.14 bits per heavy atom. The van der Waals surface area contributed by atoms with Crippen molar-refractivity contribution >= 4 is 43.2 Å². The number of anilines is 1. The summed E-state index contributed by atoms with van der Waals surface area (Å²) in [4.78, 5) is -0.0869. The second-order valence-corrected chi connectivity index (χ2v) is 7.17. The fourth-order valence-electron chi connectivity index (χ4n) is 1.74. The number of halogens is 4. The molecule has 8 heteroatoms. The Labute approximate surface area is 134 Å². The monoisotopic (exact) mass is 395 g/mol. The maximum Gasteiger partial charge on any atom is 0.262 e. The van der Waals surface area contributed by atoms with E-state index in [1.54, 1.807) is 0 Å². The number of hydrogen-bond donors (Lipinski definition) is 1. The van der Waals surface area contributed by atoms with Gasteiger partial charge in [-0.3, -0.25) is 4.72 Å². The third-order valence-corrected chi connectivity index (χ3v) is 5.10. The van der Waals surface area contributed by atoms with E-state index in [1.807, 2.05) is 0 Å². The van der Waals surface area contributed by atoms with Gasteiger partial charge in [0.2, 0.25) is 0 Å². The molecule has 112 valence electrons. The first-order valence-electron chi connectivity index (χ1n) is 5.64. The minimum Gasteiger partial charge on any atom is -0.277 e. The molecule has 0 aliphatic rings. The van der Waals surface area contributed by atoms with Crippen molar-refractivity contribution in [2.45, 2.75) is 11.8 Å². The first-order chi connectivity index (χ1) is 9.70. The van der Waals surface area contributed by atoms with Crippen molar-refractivity contribution < 1.29 is 17.2 Å². The summed E-state index contributed by atoms with van der Waals surface area (Å²) in [5.74, 6) is -1.14. The third-order valence-electron chi connectivity index (χ3n) is 2.67. The van der Waals surface area contributed by atoms with Crippen LogP contribution in [-0.4, -0.2) is 8.42 Å². The number of aryl methyl sites for hydroxylation is 1. The summed E-state index contributed by atoms with van der Waals surface area (Å²) in [6.45, 7) is 1.47. The molecule has 3 nitrogen and oxygen atoms in total. The molecule has 21 heavy (non-hydrogen) atoms. The lowest BCUT2D eigenvalue weighted by molar-refractivity contribution is 0.598. The lowest BCUT2D eigenvalue weighted by atomic mass is 10.2. The van der Waals surface area contributed by atoms with Crippen LogP contribution in [0, 0.1) is 18.6 Å². The first kappa shape index (κ1) is 16.2. The normalized spacial score (nSPS) is 11.5. The van der Waals surface area contributed by atoms with Gasteiger partial charge >= 0.3 is 0 Å². The van der Waals surface area contributed by atoms with E-state index in [2.05, 4.69) is 20.7 Å². The summed E-state index contributed by atoms with van der Waals surface area (Å²) in [5, 5.41) is -0.0924. The maximum absolute atomic E-state index is 13.1. The minimum absolute atomic E-state index is 0.0155. The molecule has 0 radical (unpaired) electrons. The highest BCUT2D eigenvalue weighted by molar-refractivity contribution is 9.10. The molecular weight excluding hydrogens is 388 g/mol. The molecule has 0 unspecified atom stereocenters. The minimum atomic E-state index is -3.97. The SMILES string of the molecule is Cc1cc(F)ccc1S(=O)(=O)Nc1c(Cl)cc(F)cc1Br. The number of sulfonamides is 1. The van der Waals surface area contributed by atoms with Gasteiger partial charge in [-0.25, -0.2) is 17.2 Å². The molecule has 1 N–H and O–H groups in total. The van der Waals surface area contributed by atoms with Crippen molar-refractivity contribution in [3.8, 4) is 0 Å². The molecule has 2 aromatic carbocycles. The van der Waals surface area contributed by atoms with E-state index in [4.69, 9.17) is 11.6 Å².